The second-order valence-electron chi connectivity index (χ2n) is 5.30. The second kappa shape index (κ2) is 9.06. The molecule has 3 heteroatoms. The number of hydrogen-bond donors (Lipinski definition) is 0. The minimum atomic E-state index is 0.0705. The first-order chi connectivity index (χ1) is 9.56. The molecule has 0 bridgehead atoms. The third kappa shape index (κ3) is 6.00. The van der Waals surface area contributed by atoms with Gasteiger partial charge in [-0.05, 0) is 37.8 Å². The number of allylic oxidation sites excluding steroid dienone is 2. The van der Waals surface area contributed by atoms with Crippen molar-refractivity contribution in [1.29, 1.82) is 0 Å². The summed E-state index contributed by atoms with van der Waals surface area (Å²) >= 11 is 1.67. The summed E-state index contributed by atoms with van der Waals surface area (Å²) in [7, 11) is 0. The quantitative estimate of drug-likeness (QED) is 0.252. The standard InChI is InChI=1S/C17H26O2S/c1-5-13(3)12-14(4)8-7-11-20-17-10-9-16(19-17)15(18)6-2/h8-10,13H,5-7,11-12H2,1-4H3. The molecule has 0 amide bonds. The third-order valence-corrected chi connectivity index (χ3v) is 4.34. The maximum absolute atomic E-state index is 11.5. The first-order valence-electron chi connectivity index (χ1n) is 7.48. The Hall–Kier alpha value is -0.960. The van der Waals surface area contributed by atoms with Crippen molar-refractivity contribution in [2.24, 2.45) is 5.92 Å². The predicted octanol–water partition coefficient (Wildman–Crippen LogP) is 5.74. The van der Waals surface area contributed by atoms with Gasteiger partial charge in [0, 0.05) is 12.2 Å². The van der Waals surface area contributed by atoms with Gasteiger partial charge in [0.05, 0.1) is 0 Å². The van der Waals surface area contributed by atoms with Gasteiger partial charge in [0.2, 0.25) is 0 Å². The SMILES string of the molecule is CCC(=O)c1ccc(SCCC=C(C)CC(C)CC)o1. The largest absolute Gasteiger partial charge is 0.447 e. The van der Waals surface area contributed by atoms with E-state index >= 15 is 0 Å². The highest BCUT2D eigenvalue weighted by Crippen LogP contribution is 2.23. The topological polar surface area (TPSA) is 30.2 Å². The molecule has 0 saturated carbocycles. The fourth-order valence-electron chi connectivity index (χ4n) is 1.96. The van der Waals surface area contributed by atoms with E-state index in [2.05, 4.69) is 26.8 Å². The first kappa shape index (κ1) is 17.1. The van der Waals surface area contributed by atoms with Crippen LogP contribution >= 0.6 is 11.8 Å². The minimum absolute atomic E-state index is 0.0705. The van der Waals surface area contributed by atoms with Gasteiger partial charge in [0.1, 0.15) is 0 Å². The maximum Gasteiger partial charge on any atom is 0.197 e. The van der Waals surface area contributed by atoms with Gasteiger partial charge in [-0.15, -0.1) is 0 Å². The Kier molecular flexibility index (Phi) is 7.75. The van der Waals surface area contributed by atoms with E-state index in [0.717, 1.165) is 23.2 Å². The zero-order valence-corrected chi connectivity index (χ0v) is 13.9. The average molecular weight is 294 g/mol. The lowest BCUT2D eigenvalue weighted by Gasteiger charge is -2.08. The molecule has 2 nitrogen and oxygen atoms in total. The van der Waals surface area contributed by atoms with Crippen molar-refractivity contribution in [2.75, 3.05) is 5.75 Å². The maximum atomic E-state index is 11.5. The van der Waals surface area contributed by atoms with Crippen molar-refractivity contribution < 1.29 is 9.21 Å². The molecular formula is C17H26O2S. The summed E-state index contributed by atoms with van der Waals surface area (Å²) < 4.78 is 5.52. The number of furan rings is 1. The average Bonchev–Trinajstić information content (AvgIpc) is 2.91. The van der Waals surface area contributed by atoms with Crippen LogP contribution in [0.5, 0.6) is 0 Å². The van der Waals surface area contributed by atoms with Crippen LogP contribution in [0.1, 0.15) is 63.9 Å². The Morgan fingerprint density at radius 1 is 1.40 bits per heavy atom. The normalized spacial score (nSPS) is 13.5. The molecule has 1 rings (SSSR count). The number of thioether (sulfide) groups is 1. The van der Waals surface area contributed by atoms with Crippen molar-refractivity contribution in [2.45, 2.75) is 58.5 Å². The van der Waals surface area contributed by atoms with Crippen LogP contribution < -0.4 is 0 Å². The molecule has 0 aliphatic heterocycles. The predicted molar refractivity (Wildman–Crippen MR) is 86.5 cm³/mol. The van der Waals surface area contributed by atoms with Gasteiger partial charge in [0.25, 0.3) is 0 Å². The molecule has 0 spiro atoms. The summed E-state index contributed by atoms with van der Waals surface area (Å²) in [6.07, 6.45) is 6.29. The van der Waals surface area contributed by atoms with Crippen LogP contribution in [0.25, 0.3) is 0 Å². The number of carbonyl (C=O) groups excluding carboxylic acids is 1. The van der Waals surface area contributed by atoms with E-state index in [-0.39, 0.29) is 5.78 Å². The van der Waals surface area contributed by atoms with E-state index < -0.39 is 0 Å². The van der Waals surface area contributed by atoms with E-state index in [1.807, 2.05) is 13.0 Å². The summed E-state index contributed by atoms with van der Waals surface area (Å²) in [6.45, 7) is 8.59. The van der Waals surface area contributed by atoms with Crippen molar-refractivity contribution in [3.8, 4) is 0 Å². The molecular weight excluding hydrogens is 268 g/mol. The molecule has 1 aromatic heterocycles. The first-order valence-corrected chi connectivity index (χ1v) is 8.46. The van der Waals surface area contributed by atoms with E-state index in [4.69, 9.17) is 4.42 Å². The molecule has 20 heavy (non-hydrogen) atoms. The highest BCUT2D eigenvalue weighted by atomic mass is 32.2. The molecule has 1 atom stereocenters. The van der Waals surface area contributed by atoms with Crippen molar-refractivity contribution in [3.63, 3.8) is 0 Å². The monoisotopic (exact) mass is 294 g/mol. The molecule has 0 saturated heterocycles. The van der Waals surface area contributed by atoms with Crippen LogP contribution in [0.2, 0.25) is 0 Å². The summed E-state index contributed by atoms with van der Waals surface area (Å²) in [5.41, 5.74) is 1.47. The summed E-state index contributed by atoms with van der Waals surface area (Å²) in [5, 5.41) is 0.842. The van der Waals surface area contributed by atoms with Crippen LogP contribution in [0.15, 0.2) is 33.3 Å². The third-order valence-electron chi connectivity index (χ3n) is 3.40. The summed E-state index contributed by atoms with van der Waals surface area (Å²) in [6, 6.07) is 3.67. The molecule has 1 unspecified atom stereocenters. The molecule has 0 fully saturated rings. The lowest BCUT2D eigenvalue weighted by atomic mass is 9.99. The van der Waals surface area contributed by atoms with Crippen LogP contribution in [0.3, 0.4) is 0 Å². The molecule has 0 aliphatic rings. The lowest BCUT2D eigenvalue weighted by molar-refractivity contribution is 0.0956. The van der Waals surface area contributed by atoms with Crippen molar-refractivity contribution >= 4 is 17.5 Å². The zero-order valence-electron chi connectivity index (χ0n) is 13.1. The van der Waals surface area contributed by atoms with Crippen LogP contribution in [-0.2, 0) is 0 Å². The molecule has 0 radical (unpaired) electrons. The van der Waals surface area contributed by atoms with Gasteiger partial charge in [0.15, 0.2) is 16.6 Å². The molecule has 112 valence electrons. The minimum Gasteiger partial charge on any atom is -0.447 e. The van der Waals surface area contributed by atoms with E-state index in [9.17, 15) is 4.79 Å². The molecule has 0 aliphatic carbocycles. The Morgan fingerprint density at radius 2 is 2.15 bits per heavy atom. The lowest BCUT2D eigenvalue weighted by Crippen LogP contribution is -1.93. The molecule has 1 aromatic rings. The molecule has 0 aromatic carbocycles. The van der Waals surface area contributed by atoms with Gasteiger partial charge >= 0.3 is 0 Å². The number of ketones is 1. The highest BCUT2D eigenvalue weighted by molar-refractivity contribution is 7.99. The van der Waals surface area contributed by atoms with E-state index in [1.165, 1.54) is 18.4 Å². The van der Waals surface area contributed by atoms with Gasteiger partial charge in [-0.3, -0.25) is 4.79 Å². The van der Waals surface area contributed by atoms with Gasteiger partial charge in [-0.1, -0.05) is 50.6 Å². The summed E-state index contributed by atoms with van der Waals surface area (Å²) in [4.78, 5) is 11.5. The van der Waals surface area contributed by atoms with E-state index in [0.29, 0.717) is 12.2 Å². The molecule has 0 N–H and O–H groups in total. The van der Waals surface area contributed by atoms with Gasteiger partial charge in [-0.25, -0.2) is 0 Å². The highest BCUT2D eigenvalue weighted by Gasteiger charge is 2.08. The Morgan fingerprint density at radius 3 is 2.80 bits per heavy atom. The van der Waals surface area contributed by atoms with Crippen molar-refractivity contribution in [1.82, 2.24) is 0 Å². The van der Waals surface area contributed by atoms with Gasteiger partial charge in [-0.2, -0.15) is 0 Å². The van der Waals surface area contributed by atoms with Crippen LogP contribution in [-0.4, -0.2) is 11.5 Å². The number of carbonyl (C=O) groups is 1. The number of hydrogen-bond acceptors (Lipinski definition) is 3. The second-order valence-corrected chi connectivity index (χ2v) is 6.40. The fraction of sp³-hybridized carbons (Fsp3) is 0.588. The zero-order chi connectivity index (χ0) is 15.0. The fourth-order valence-corrected chi connectivity index (χ4v) is 2.71. The number of rotatable bonds is 9. The van der Waals surface area contributed by atoms with Crippen molar-refractivity contribution in [3.05, 3.63) is 29.5 Å². The number of Topliss-reactive ketones (excluding diaryl/α,β-unsaturated/α-hetero) is 1. The van der Waals surface area contributed by atoms with Crippen LogP contribution in [0.4, 0.5) is 0 Å². The Bertz CT molecular complexity index is 446. The van der Waals surface area contributed by atoms with Crippen LogP contribution in [0, 0.1) is 5.92 Å². The summed E-state index contributed by atoms with van der Waals surface area (Å²) in [5.74, 6) is 2.32. The Balaban J connectivity index is 2.32. The molecule has 1 heterocycles. The Labute approximate surface area is 127 Å². The smallest absolute Gasteiger partial charge is 0.197 e. The van der Waals surface area contributed by atoms with E-state index in [1.54, 1.807) is 17.8 Å². The van der Waals surface area contributed by atoms with Gasteiger partial charge < -0.3 is 4.42 Å².